The van der Waals surface area contributed by atoms with Gasteiger partial charge in [0.15, 0.2) is 0 Å². The molecule has 1 saturated carbocycles. The summed E-state index contributed by atoms with van der Waals surface area (Å²) in [7, 11) is 0. The summed E-state index contributed by atoms with van der Waals surface area (Å²) in [6.07, 6.45) is -3.24. The molecule has 2 atom stereocenters. The molecule has 0 aromatic heterocycles. The quantitative estimate of drug-likeness (QED) is 0.795. The lowest BCUT2D eigenvalue weighted by atomic mass is 9.88. The molecule has 0 spiro atoms. The molecule has 1 N–H and O–H groups in total. The van der Waals surface area contributed by atoms with Crippen LogP contribution in [0.5, 0.6) is 0 Å². The Morgan fingerprint density at radius 1 is 1.10 bits per heavy atom. The average molecular weight is 423 g/mol. The highest BCUT2D eigenvalue weighted by Gasteiger charge is 2.64. The Bertz CT molecular complexity index is 847. The number of rotatable bonds is 2. The van der Waals surface area contributed by atoms with Crippen molar-refractivity contribution < 1.29 is 27.5 Å². The number of carbonyl (C=O) groups is 2. The minimum Gasteiger partial charge on any atom is -0.366 e. The maximum absolute atomic E-state index is 13.3. The fraction of sp³-hybridized carbons (Fsp3) is 0.619. The van der Waals surface area contributed by atoms with E-state index in [1.165, 1.54) is 0 Å². The number of piperidine rings is 1. The first kappa shape index (κ1) is 19.7. The van der Waals surface area contributed by atoms with Crippen molar-refractivity contribution in [3.05, 3.63) is 35.4 Å². The van der Waals surface area contributed by atoms with Gasteiger partial charge >= 0.3 is 12.2 Å². The number of hydrogen-bond donors (Lipinski definition) is 1. The normalized spacial score (nSPS) is 28.4. The summed E-state index contributed by atoms with van der Waals surface area (Å²) < 4.78 is 45.4. The Labute approximate surface area is 172 Å². The third-order valence-corrected chi connectivity index (χ3v) is 6.97. The van der Waals surface area contributed by atoms with E-state index < -0.39 is 11.6 Å². The second kappa shape index (κ2) is 6.87. The molecule has 1 aliphatic carbocycles. The number of carbonyl (C=O) groups excluding carboxylic acids is 2. The molecule has 5 rings (SSSR count). The van der Waals surface area contributed by atoms with Crippen LogP contribution in [0.15, 0.2) is 24.3 Å². The van der Waals surface area contributed by atoms with Crippen LogP contribution in [0.1, 0.15) is 36.3 Å². The molecule has 3 saturated heterocycles. The summed E-state index contributed by atoms with van der Waals surface area (Å²) in [4.78, 5) is 27.8. The Hall–Kier alpha value is -2.29. The number of urea groups is 1. The van der Waals surface area contributed by atoms with Crippen LogP contribution in [-0.4, -0.2) is 72.8 Å². The largest absolute Gasteiger partial charge is 0.398 e. The highest BCUT2D eigenvalue weighted by atomic mass is 19.4. The number of morpholine rings is 1. The molecule has 162 valence electrons. The molecule has 0 bridgehead atoms. The van der Waals surface area contributed by atoms with Crippen molar-refractivity contribution in [2.24, 2.45) is 0 Å². The number of ether oxygens (including phenoxy) is 1. The number of benzene rings is 1. The van der Waals surface area contributed by atoms with Gasteiger partial charge in [-0.15, -0.1) is 0 Å². The number of fused-ring (bicyclic) bond motifs is 1. The smallest absolute Gasteiger partial charge is 0.366 e. The van der Waals surface area contributed by atoms with Gasteiger partial charge in [-0.2, -0.15) is 13.2 Å². The monoisotopic (exact) mass is 423 g/mol. The van der Waals surface area contributed by atoms with Crippen LogP contribution in [0.3, 0.4) is 0 Å². The van der Waals surface area contributed by atoms with Crippen LogP contribution in [0, 0.1) is 0 Å². The minimum atomic E-state index is -4.20. The highest BCUT2D eigenvalue weighted by Crippen LogP contribution is 2.58. The first-order valence-corrected chi connectivity index (χ1v) is 10.4. The van der Waals surface area contributed by atoms with Crippen molar-refractivity contribution in [2.45, 2.75) is 48.9 Å². The fourth-order valence-corrected chi connectivity index (χ4v) is 4.85. The van der Waals surface area contributed by atoms with E-state index in [1.807, 2.05) is 0 Å². The molecule has 3 aliphatic heterocycles. The zero-order valence-corrected chi connectivity index (χ0v) is 16.5. The van der Waals surface area contributed by atoms with Crippen LogP contribution >= 0.6 is 0 Å². The number of halogens is 3. The molecule has 4 aliphatic rings. The van der Waals surface area contributed by atoms with Gasteiger partial charge in [-0.3, -0.25) is 4.79 Å². The molecule has 3 heterocycles. The molecule has 4 fully saturated rings. The van der Waals surface area contributed by atoms with E-state index in [1.54, 1.807) is 34.1 Å². The summed E-state index contributed by atoms with van der Waals surface area (Å²) in [5, 5.41) is 2.89. The van der Waals surface area contributed by atoms with Gasteiger partial charge in [-0.1, -0.05) is 24.3 Å². The summed E-state index contributed by atoms with van der Waals surface area (Å²) >= 11 is 0. The summed E-state index contributed by atoms with van der Waals surface area (Å²) in [5.74, 6) is -0.0178. The van der Waals surface area contributed by atoms with Crippen molar-refractivity contribution >= 4 is 11.9 Å². The first-order chi connectivity index (χ1) is 14.3. The predicted molar refractivity (Wildman–Crippen MR) is 101 cm³/mol. The van der Waals surface area contributed by atoms with E-state index in [0.717, 1.165) is 5.56 Å². The molecule has 1 aromatic carbocycles. The van der Waals surface area contributed by atoms with Crippen molar-refractivity contribution in [2.75, 3.05) is 32.8 Å². The maximum Gasteiger partial charge on any atom is 0.398 e. The Morgan fingerprint density at radius 3 is 2.43 bits per heavy atom. The second-order valence-corrected chi connectivity index (χ2v) is 8.84. The minimum absolute atomic E-state index is 0.0409. The number of alkyl halides is 3. The average Bonchev–Trinajstić information content (AvgIpc) is 3.49. The fourth-order valence-electron chi connectivity index (χ4n) is 4.85. The Balaban J connectivity index is 1.17. The lowest BCUT2D eigenvalue weighted by Gasteiger charge is -2.46. The summed E-state index contributed by atoms with van der Waals surface area (Å²) in [6.45, 7) is 2.20. The van der Waals surface area contributed by atoms with Crippen LogP contribution in [0.25, 0.3) is 0 Å². The third kappa shape index (κ3) is 3.23. The SMILES string of the molecule is O=C1COC2CCN(C(=O)N3CC(c4ccc(C5(C(F)(F)F)CC5)cc4)C3)CC2N1. The predicted octanol–water partition coefficient (Wildman–Crippen LogP) is 2.39. The van der Waals surface area contributed by atoms with Gasteiger partial charge in [0, 0.05) is 32.1 Å². The van der Waals surface area contributed by atoms with E-state index in [2.05, 4.69) is 5.32 Å². The summed E-state index contributed by atoms with van der Waals surface area (Å²) in [5.41, 5.74) is -0.351. The van der Waals surface area contributed by atoms with Gasteiger partial charge in [-0.05, 0) is 30.4 Å². The zero-order chi connectivity index (χ0) is 21.1. The third-order valence-electron chi connectivity index (χ3n) is 6.97. The molecule has 9 heteroatoms. The molecular formula is C21H24F3N3O3. The van der Waals surface area contributed by atoms with E-state index in [-0.39, 0.29) is 49.5 Å². The lowest BCUT2D eigenvalue weighted by molar-refractivity contribution is -0.160. The maximum atomic E-state index is 13.3. The number of hydrogen-bond acceptors (Lipinski definition) is 3. The molecule has 6 nitrogen and oxygen atoms in total. The van der Waals surface area contributed by atoms with Crippen LogP contribution < -0.4 is 5.32 Å². The van der Waals surface area contributed by atoms with Crippen LogP contribution in [0.4, 0.5) is 18.0 Å². The van der Waals surface area contributed by atoms with Gasteiger partial charge in [0.2, 0.25) is 5.91 Å². The van der Waals surface area contributed by atoms with Crippen LogP contribution in [-0.2, 0) is 14.9 Å². The lowest BCUT2D eigenvalue weighted by Crippen LogP contribution is -2.63. The Kier molecular flexibility index (Phi) is 4.50. The summed E-state index contributed by atoms with van der Waals surface area (Å²) in [6, 6.07) is 6.50. The van der Waals surface area contributed by atoms with Gasteiger partial charge in [0.1, 0.15) is 6.61 Å². The van der Waals surface area contributed by atoms with Gasteiger partial charge < -0.3 is 19.9 Å². The van der Waals surface area contributed by atoms with Gasteiger partial charge in [0.25, 0.3) is 0 Å². The van der Waals surface area contributed by atoms with E-state index in [9.17, 15) is 22.8 Å². The van der Waals surface area contributed by atoms with Crippen molar-refractivity contribution in [3.63, 3.8) is 0 Å². The van der Waals surface area contributed by atoms with E-state index in [4.69, 9.17) is 4.74 Å². The molecule has 1 aromatic rings. The van der Waals surface area contributed by atoms with Gasteiger partial charge in [-0.25, -0.2) is 4.79 Å². The molecular weight excluding hydrogens is 399 g/mol. The molecule has 30 heavy (non-hydrogen) atoms. The first-order valence-electron chi connectivity index (χ1n) is 10.4. The highest BCUT2D eigenvalue weighted by molar-refractivity contribution is 5.79. The van der Waals surface area contributed by atoms with E-state index in [0.29, 0.717) is 38.2 Å². The number of amides is 3. The molecule has 2 unspecified atom stereocenters. The van der Waals surface area contributed by atoms with Crippen molar-refractivity contribution in [1.29, 1.82) is 0 Å². The number of nitrogens with one attached hydrogen (secondary N) is 1. The van der Waals surface area contributed by atoms with Gasteiger partial charge in [0.05, 0.1) is 17.6 Å². The van der Waals surface area contributed by atoms with Crippen molar-refractivity contribution in [1.82, 2.24) is 15.1 Å². The Morgan fingerprint density at radius 2 is 1.80 bits per heavy atom. The number of likely N-dealkylation sites (tertiary alicyclic amines) is 2. The van der Waals surface area contributed by atoms with E-state index >= 15 is 0 Å². The zero-order valence-electron chi connectivity index (χ0n) is 16.5. The second-order valence-electron chi connectivity index (χ2n) is 8.84. The molecule has 3 amide bonds. The number of nitrogens with zero attached hydrogens (tertiary/aromatic N) is 2. The topological polar surface area (TPSA) is 61.9 Å². The van der Waals surface area contributed by atoms with Crippen LogP contribution in [0.2, 0.25) is 0 Å². The standard InChI is InChI=1S/C21H24F3N3O3/c22-21(23,24)20(6-7-20)15-3-1-13(2-4-15)14-9-27(10-14)19(29)26-8-5-17-16(11-26)25-18(28)12-30-17/h1-4,14,16-17H,5-12H2,(H,25,28). The molecule has 0 radical (unpaired) electrons. The van der Waals surface area contributed by atoms with Crippen molar-refractivity contribution in [3.8, 4) is 0 Å².